The summed E-state index contributed by atoms with van der Waals surface area (Å²) in [4.78, 5) is 27.0. The van der Waals surface area contributed by atoms with Gasteiger partial charge in [-0.2, -0.15) is 0 Å². The predicted molar refractivity (Wildman–Crippen MR) is 127 cm³/mol. The lowest BCUT2D eigenvalue weighted by atomic mass is 10.1. The number of rotatable bonds is 8. The van der Waals surface area contributed by atoms with Gasteiger partial charge < -0.3 is 24.4 Å². The van der Waals surface area contributed by atoms with Crippen LogP contribution in [0, 0.1) is 6.92 Å². The molecular formula is C26H26N2O5. The molecule has 4 rings (SSSR count). The maximum atomic E-state index is 12.8. The van der Waals surface area contributed by atoms with Crippen molar-refractivity contribution in [3.63, 3.8) is 0 Å². The molecule has 0 bridgehead atoms. The van der Waals surface area contributed by atoms with E-state index < -0.39 is 0 Å². The second-order valence-electron chi connectivity index (χ2n) is 7.69. The van der Waals surface area contributed by atoms with Gasteiger partial charge in [-0.25, -0.2) is 0 Å². The number of aryl methyl sites for hydroxylation is 1. The van der Waals surface area contributed by atoms with Crippen LogP contribution in [-0.2, 0) is 4.79 Å². The van der Waals surface area contributed by atoms with Gasteiger partial charge in [0.2, 0.25) is 0 Å². The summed E-state index contributed by atoms with van der Waals surface area (Å²) in [6.45, 7) is 2.97. The number of methoxy groups -OCH3 is 1. The zero-order valence-electron chi connectivity index (χ0n) is 18.7. The summed E-state index contributed by atoms with van der Waals surface area (Å²) in [5.41, 5.74) is 2.78. The van der Waals surface area contributed by atoms with Crippen LogP contribution in [-0.4, -0.2) is 38.7 Å². The number of carbonyl (C=O) groups is 2. The van der Waals surface area contributed by atoms with Crippen molar-refractivity contribution in [1.29, 1.82) is 0 Å². The van der Waals surface area contributed by atoms with Crippen LogP contribution in [0.15, 0.2) is 66.7 Å². The average molecular weight is 447 g/mol. The molecule has 0 unspecified atom stereocenters. The Morgan fingerprint density at radius 2 is 1.88 bits per heavy atom. The van der Waals surface area contributed by atoms with Crippen LogP contribution in [0.2, 0.25) is 0 Å². The number of amides is 2. The van der Waals surface area contributed by atoms with Crippen molar-refractivity contribution in [2.75, 3.05) is 37.1 Å². The Morgan fingerprint density at radius 1 is 1.09 bits per heavy atom. The first-order valence-corrected chi connectivity index (χ1v) is 10.8. The summed E-state index contributed by atoms with van der Waals surface area (Å²) in [6.07, 6.45) is 0.650. The second-order valence-corrected chi connectivity index (χ2v) is 7.69. The van der Waals surface area contributed by atoms with Gasteiger partial charge in [0.05, 0.1) is 25.0 Å². The Kier molecular flexibility index (Phi) is 6.78. The summed E-state index contributed by atoms with van der Waals surface area (Å²) in [5, 5.41) is 2.87. The Labute approximate surface area is 192 Å². The topological polar surface area (TPSA) is 77.1 Å². The van der Waals surface area contributed by atoms with Crippen molar-refractivity contribution in [1.82, 2.24) is 0 Å². The first-order chi connectivity index (χ1) is 16.0. The molecule has 33 heavy (non-hydrogen) atoms. The molecule has 0 saturated heterocycles. The lowest BCUT2D eigenvalue weighted by Crippen LogP contribution is -2.39. The highest BCUT2D eigenvalue weighted by Gasteiger charge is 2.26. The number of nitrogens with one attached hydrogen (secondary N) is 1. The van der Waals surface area contributed by atoms with E-state index in [0.29, 0.717) is 48.0 Å². The highest BCUT2D eigenvalue weighted by molar-refractivity contribution is 6.07. The van der Waals surface area contributed by atoms with Gasteiger partial charge in [-0.05, 0) is 55.8 Å². The van der Waals surface area contributed by atoms with E-state index in [1.807, 2.05) is 31.2 Å². The van der Waals surface area contributed by atoms with Gasteiger partial charge in [0.25, 0.3) is 11.8 Å². The van der Waals surface area contributed by atoms with Gasteiger partial charge in [0, 0.05) is 12.2 Å². The molecule has 7 heteroatoms. The van der Waals surface area contributed by atoms with Gasteiger partial charge in [0.1, 0.15) is 17.2 Å². The van der Waals surface area contributed by atoms with Crippen molar-refractivity contribution in [3.8, 4) is 17.2 Å². The van der Waals surface area contributed by atoms with Gasteiger partial charge >= 0.3 is 0 Å². The molecule has 1 aliphatic rings. The van der Waals surface area contributed by atoms with Gasteiger partial charge in [-0.1, -0.05) is 29.8 Å². The number of ether oxygens (including phenoxy) is 3. The van der Waals surface area contributed by atoms with E-state index in [0.717, 1.165) is 5.75 Å². The third-order valence-electron chi connectivity index (χ3n) is 5.33. The summed E-state index contributed by atoms with van der Waals surface area (Å²) < 4.78 is 16.6. The zero-order chi connectivity index (χ0) is 23.2. The molecule has 0 atom stereocenters. The van der Waals surface area contributed by atoms with E-state index in [9.17, 15) is 9.59 Å². The van der Waals surface area contributed by atoms with E-state index in [4.69, 9.17) is 14.2 Å². The maximum Gasteiger partial charge on any atom is 0.265 e. The van der Waals surface area contributed by atoms with Gasteiger partial charge in [-0.3, -0.25) is 9.59 Å². The smallest absolute Gasteiger partial charge is 0.265 e. The van der Waals surface area contributed by atoms with Crippen LogP contribution in [0.25, 0.3) is 0 Å². The number of hydrogen-bond acceptors (Lipinski definition) is 5. The Morgan fingerprint density at radius 3 is 2.67 bits per heavy atom. The molecule has 0 aliphatic carbocycles. The molecule has 7 nitrogen and oxygen atoms in total. The Bertz CT molecular complexity index is 1140. The number of benzene rings is 3. The van der Waals surface area contributed by atoms with Crippen LogP contribution in [0.1, 0.15) is 22.3 Å². The molecular weight excluding hydrogens is 420 g/mol. The van der Waals surface area contributed by atoms with Crippen molar-refractivity contribution in [3.05, 3.63) is 77.9 Å². The van der Waals surface area contributed by atoms with Crippen LogP contribution >= 0.6 is 0 Å². The molecule has 170 valence electrons. The molecule has 0 radical (unpaired) electrons. The van der Waals surface area contributed by atoms with Gasteiger partial charge in [0.15, 0.2) is 6.61 Å². The fourth-order valence-corrected chi connectivity index (χ4v) is 3.60. The van der Waals surface area contributed by atoms with Crippen LogP contribution in [0.3, 0.4) is 0 Å². The molecule has 2 amide bonds. The van der Waals surface area contributed by atoms with Crippen molar-refractivity contribution in [2.24, 2.45) is 0 Å². The SMILES string of the molecule is COc1ccccc1C(=O)Nc1ccc2c(c1)N(CCCOc1ccc(C)cc1)C(=O)CO2. The average Bonchev–Trinajstić information content (AvgIpc) is 2.84. The number of nitrogens with zero attached hydrogens (tertiary/aromatic N) is 1. The van der Waals surface area contributed by atoms with E-state index in [1.54, 1.807) is 47.4 Å². The largest absolute Gasteiger partial charge is 0.496 e. The van der Waals surface area contributed by atoms with E-state index in [2.05, 4.69) is 5.32 Å². The van der Waals surface area contributed by atoms with E-state index >= 15 is 0 Å². The van der Waals surface area contributed by atoms with Crippen molar-refractivity contribution >= 4 is 23.2 Å². The summed E-state index contributed by atoms with van der Waals surface area (Å²) >= 11 is 0. The minimum Gasteiger partial charge on any atom is -0.496 e. The number of para-hydroxylation sites is 1. The molecule has 0 spiro atoms. The molecule has 0 fully saturated rings. The minimum atomic E-state index is -0.298. The molecule has 0 aromatic heterocycles. The lowest BCUT2D eigenvalue weighted by Gasteiger charge is -2.30. The highest BCUT2D eigenvalue weighted by atomic mass is 16.5. The van der Waals surface area contributed by atoms with Crippen LogP contribution in [0.5, 0.6) is 17.2 Å². The van der Waals surface area contributed by atoms with E-state index in [-0.39, 0.29) is 18.4 Å². The molecule has 1 heterocycles. The highest BCUT2D eigenvalue weighted by Crippen LogP contribution is 2.35. The number of hydrogen-bond donors (Lipinski definition) is 1. The Balaban J connectivity index is 1.43. The summed E-state index contributed by atoms with van der Waals surface area (Å²) in [6, 6.07) is 20.1. The fraction of sp³-hybridized carbons (Fsp3) is 0.231. The van der Waals surface area contributed by atoms with E-state index in [1.165, 1.54) is 12.7 Å². The molecule has 1 aliphatic heterocycles. The minimum absolute atomic E-state index is 0.0151. The molecule has 1 N–H and O–H groups in total. The lowest BCUT2D eigenvalue weighted by molar-refractivity contribution is -0.121. The monoisotopic (exact) mass is 446 g/mol. The fourth-order valence-electron chi connectivity index (χ4n) is 3.60. The first-order valence-electron chi connectivity index (χ1n) is 10.8. The van der Waals surface area contributed by atoms with Crippen molar-refractivity contribution < 1.29 is 23.8 Å². The second kappa shape index (κ2) is 10.1. The zero-order valence-corrected chi connectivity index (χ0v) is 18.7. The first kappa shape index (κ1) is 22.2. The molecule has 0 saturated carbocycles. The van der Waals surface area contributed by atoms with Crippen molar-refractivity contribution in [2.45, 2.75) is 13.3 Å². The summed E-state index contributed by atoms with van der Waals surface area (Å²) in [7, 11) is 1.52. The van der Waals surface area contributed by atoms with Gasteiger partial charge in [-0.15, -0.1) is 0 Å². The number of carbonyl (C=O) groups excluding carboxylic acids is 2. The number of anilines is 2. The quantitative estimate of drug-likeness (QED) is 0.518. The standard InChI is InChI=1S/C26H26N2O5/c1-18-8-11-20(12-9-18)32-15-5-14-28-22-16-19(10-13-24(22)33-17-25(28)29)27-26(30)21-6-3-4-7-23(21)31-2/h3-4,6-13,16H,5,14-15,17H2,1-2H3,(H,27,30). The number of fused-ring (bicyclic) bond motifs is 1. The normalized spacial score (nSPS) is 12.5. The molecule has 3 aromatic carbocycles. The Hall–Kier alpha value is -4.00. The third kappa shape index (κ3) is 5.26. The maximum absolute atomic E-state index is 12.8. The predicted octanol–water partition coefficient (Wildman–Crippen LogP) is 4.45. The summed E-state index contributed by atoms with van der Waals surface area (Å²) in [5.74, 6) is 1.46. The third-order valence-corrected chi connectivity index (χ3v) is 5.33. The molecule has 3 aromatic rings. The van der Waals surface area contributed by atoms with Crippen LogP contribution in [0.4, 0.5) is 11.4 Å². The van der Waals surface area contributed by atoms with Crippen LogP contribution < -0.4 is 24.4 Å².